The molecule has 0 radical (unpaired) electrons. The first kappa shape index (κ1) is 16.7. The van der Waals surface area contributed by atoms with Crippen LogP contribution in [0.25, 0.3) is 0 Å². The van der Waals surface area contributed by atoms with E-state index in [1.165, 1.54) is 25.3 Å². The molecular weight excluding hydrogens is 305 g/mol. The maximum absolute atomic E-state index is 13.8. The van der Waals surface area contributed by atoms with Crippen LogP contribution >= 0.6 is 0 Å². The van der Waals surface area contributed by atoms with Crippen LogP contribution in [0.3, 0.4) is 0 Å². The van der Waals surface area contributed by atoms with Gasteiger partial charge in [-0.1, -0.05) is 11.6 Å². The van der Waals surface area contributed by atoms with E-state index in [9.17, 15) is 4.39 Å². The van der Waals surface area contributed by atoms with Crippen LogP contribution in [0.4, 0.5) is 10.2 Å². The molecule has 0 aromatic carbocycles. The molecule has 1 unspecified atom stereocenters. The Balaban J connectivity index is 1.46. The van der Waals surface area contributed by atoms with Gasteiger partial charge in [0, 0.05) is 38.9 Å². The molecule has 24 heavy (non-hydrogen) atoms. The monoisotopic (exact) mass is 331 g/mol. The minimum Gasteiger partial charge on any atom is -0.356 e. The Kier molecular flexibility index (Phi) is 5.67. The number of nitrogens with zero attached hydrogens (tertiary/aromatic N) is 3. The Labute approximate surface area is 143 Å². The summed E-state index contributed by atoms with van der Waals surface area (Å²) in [6.07, 6.45) is 9.78. The fourth-order valence-electron chi connectivity index (χ4n) is 3.37. The van der Waals surface area contributed by atoms with Crippen LogP contribution in [0.1, 0.15) is 32.1 Å². The zero-order chi connectivity index (χ0) is 16.8. The summed E-state index contributed by atoms with van der Waals surface area (Å²) < 4.78 is 13.8. The minimum atomic E-state index is -0.259. The van der Waals surface area contributed by atoms with Gasteiger partial charge in [-0.15, -0.1) is 0 Å². The highest BCUT2D eigenvalue weighted by Crippen LogP contribution is 2.21. The molecule has 2 heterocycles. The van der Waals surface area contributed by atoms with Crippen molar-refractivity contribution < 1.29 is 4.39 Å². The molecule has 0 spiro atoms. The molecule has 0 saturated carbocycles. The number of hydrogen-bond donors (Lipinski definition) is 2. The average molecular weight is 331 g/mol. The molecule has 6 heteroatoms. The van der Waals surface area contributed by atoms with Gasteiger partial charge in [-0.05, 0) is 44.2 Å². The molecule has 1 aliphatic carbocycles. The zero-order valence-electron chi connectivity index (χ0n) is 14.3. The number of nitrogens with one attached hydrogen (secondary N) is 2. The first-order valence-corrected chi connectivity index (χ1v) is 8.77. The fourth-order valence-corrected chi connectivity index (χ4v) is 3.37. The van der Waals surface area contributed by atoms with Gasteiger partial charge in [-0.25, -0.2) is 9.37 Å². The van der Waals surface area contributed by atoms with Gasteiger partial charge in [-0.2, -0.15) is 0 Å². The predicted molar refractivity (Wildman–Crippen MR) is 95.9 cm³/mol. The van der Waals surface area contributed by atoms with E-state index in [-0.39, 0.29) is 11.9 Å². The van der Waals surface area contributed by atoms with Gasteiger partial charge in [0.25, 0.3) is 0 Å². The molecule has 0 bridgehead atoms. The van der Waals surface area contributed by atoms with Crippen molar-refractivity contribution in [1.82, 2.24) is 15.6 Å². The molecule has 1 atom stereocenters. The third-order valence-corrected chi connectivity index (χ3v) is 4.66. The summed E-state index contributed by atoms with van der Waals surface area (Å²) in [5.74, 6) is 1.00. The SMILES string of the molecule is CN=C(NCCC1=CCCC1)NC1CCN(c2ncccc2F)C1. The minimum absolute atomic E-state index is 0.253. The number of hydrogen-bond acceptors (Lipinski definition) is 3. The highest BCUT2D eigenvalue weighted by molar-refractivity contribution is 5.80. The van der Waals surface area contributed by atoms with Gasteiger partial charge >= 0.3 is 0 Å². The quantitative estimate of drug-likeness (QED) is 0.494. The van der Waals surface area contributed by atoms with E-state index in [4.69, 9.17) is 0 Å². The summed E-state index contributed by atoms with van der Waals surface area (Å²) >= 11 is 0. The third kappa shape index (κ3) is 4.24. The molecule has 0 amide bonds. The number of rotatable bonds is 5. The Morgan fingerprint density at radius 3 is 3.17 bits per heavy atom. The van der Waals surface area contributed by atoms with E-state index in [0.717, 1.165) is 38.4 Å². The van der Waals surface area contributed by atoms with E-state index in [0.29, 0.717) is 5.82 Å². The number of aromatic nitrogens is 1. The Bertz CT molecular complexity index is 613. The normalized spacial score (nSPS) is 21.1. The lowest BCUT2D eigenvalue weighted by Gasteiger charge is -2.20. The van der Waals surface area contributed by atoms with Crippen LogP contribution in [0.2, 0.25) is 0 Å². The van der Waals surface area contributed by atoms with Crippen molar-refractivity contribution in [3.8, 4) is 0 Å². The van der Waals surface area contributed by atoms with Gasteiger partial charge in [0.1, 0.15) is 0 Å². The second-order valence-electron chi connectivity index (χ2n) is 6.39. The summed E-state index contributed by atoms with van der Waals surface area (Å²) in [6, 6.07) is 3.33. The number of allylic oxidation sites excluding steroid dienone is 1. The molecule has 130 valence electrons. The Hall–Kier alpha value is -2.11. The van der Waals surface area contributed by atoms with Gasteiger partial charge in [-0.3, -0.25) is 4.99 Å². The van der Waals surface area contributed by atoms with Crippen LogP contribution in [0, 0.1) is 5.82 Å². The average Bonchev–Trinajstić information content (AvgIpc) is 3.26. The van der Waals surface area contributed by atoms with Crippen LogP contribution in [0.15, 0.2) is 35.0 Å². The number of halogens is 1. The zero-order valence-corrected chi connectivity index (χ0v) is 14.3. The predicted octanol–water partition coefficient (Wildman–Crippen LogP) is 2.46. The number of aliphatic imine (C=N–C) groups is 1. The molecule has 3 rings (SSSR count). The third-order valence-electron chi connectivity index (χ3n) is 4.66. The molecule has 1 saturated heterocycles. The van der Waals surface area contributed by atoms with Gasteiger partial charge in [0.15, 0.2) is 17.6 Å². The van der Waals surface area contributed by atoms with E-state index in [1.807, 2.05) is 4.90 Å². The highest BCUT2D eigenvalue weighted by Gasteiger charge is 2.25. The van der Waals surface area contributed by atoms with Crippen molar-refractivity contribution >= 4 is 11.8 Å². The lowest BCUT2D eigenvalue weighted by molar-refractivity contribution is 0.612. The molecule has 5 nitrogen and oxygen atoms in total. The molecule has 2 N–H and O–H groups in total. The second kappa shape index (κ2) is 8.13. The van der Waals surface area contributed by atoms with Crippen LogP contribution < -0.4 is 15.5 Å². The number of pyridine rings is 1. The van der Waals surface area contributed by atoms with Crippen molar-refractivity contribution in [2.24, 2.45) is 4.99 Å². The summed E-state index contributed by atoms with van der Waals surface area (Å²) in [4.78, 5) is 10.4. The van der Waals surface area contributed by atoms with Crippen molar-refractivity contribution in [2.45, 2.75) is 38.1 Å². The molecule has 1 aromatic rings. The van der Waals surface area contributed by atoms with E-state index in [1.54, 1.807) is 24.9 Å². The maximum atomic E-state index is 13.8. The molecular formula is C18H26FN5. The topological polar surface area (TPSA) is 52.6 Å². The first-order chi connectivity index (χ1) is 11.8. The number of anilines is 1. The van der Waals surface area contributed by atoms with E-state index in [2.05, 4.69) is 26.7 Å². The fraction of sp³-hybridized carbons (Fsp3) is 0.556. The van der Waals surface area contributed by atoms with Crippen molar-refractivity contribution in [3.63, 3.8) is 0 Å². The van der Waals surface area contributed by atoms with Crippen LogP contribution in [-0.2, 0) is 0 Å². The standard InChI is InChI=1S/C18H26FN5/c1-20-18(22-11-8-14-5-2-3-6-14)23-15-9-12-24(13-15)17-16(19)7-4-10-21-17/h4-5,7,10,15H,2-3,6,8-9,11-13H2,1H3,(H2,20,22,23). The lowest BCUT2D eigenvalue weighted by atomic mass is 10.2. The smallest absolute Gasteiger partial charge is 0.191 e. The van der Waals surface area contributed by atoms with Crippen LogP contribution in [0.5, 0.6) is 0 Å². The number of guanidine groups is 1. The summed E-state index contributed by atoms with van der Waals surface area (Å²) in [5, 5.41) is 6.82. The van der Waals surface area contributed by atoms with Crippen molar-refractivity contribution in [1.29, 1.82) is 0 Å². The maximum Gasteiger partial charge on any atom is 0.191 e. The summed E-state index contributed by atoms with van der Waals surface area (Å²) in [7, 11) is 1.79. The first-order valence-electron chi connectivity index (χ1n) is 8.77. The Morgan fingerprint density at radius 2 is 2.42 bits per heavy atom. The van der Waals surface area contributed by atoms with Crippen LogP contribution in [-0.4, -0.2) is 43.7 Å². The van der Waals surface area contributed by atoms with Crippen molar-refractivity contribution in [2.75, 3.05) is 31.6 Å². The highest BCUT2D eigenvalue weighted by atomic mass is 19.1. The molecule has 1 aromatic heterocycles. The molecule has 1 fully saturated rings. The van der Waals surface area contributed by atoms with Gasteiger partial charge in [0.2, 0.25) is 0 Å². The Morgan fingerprint density at radius 1 is 1.50 bits per heavy atom. The van der Waals surface area contributed by atoms with E-state index < -0.39 is 0 Å². The second-order valence-corrected chi connectivity index (χ2v) is 6.39. The summed E-state index contributed by atoms with van der Waals surface area (Å²) in [6.45, 7) is 2.44. The van der Waals surface area contributed by atoms with E-state index >= 15 is 0 Å². The molecule has 1 aliphatic heterocycles. The van der Waals surface area contributed by atoms with Crippen molar-refractivity contribution in [3.05, 3.63) is 35.8 Å². The summed E-state index contributed by atoms with van der Waals surface area (Å²) in [5.41, 5.74) is 1.55. The lowest BCUT2D eigenvalue weighted by Crippen LogP contribution is -2.45. The molecule has 2 aliphatic rings. The largest absolute Gasteiger partial charge is 0.356 e. The van der Waals surface area contributed by atoms with Gasteiger partial charge < -0.3 is 15.5 Å². The van der Waals surface area contributed by atoms with Gasteiger partial charge in [0.05, 0.1) is 0 Å².